The van der Waals surface area contributed by atoms with Crippen LogP contribution < -0.4 is 5.73 Å². The third-order valence-electron chi connectivity index (χ3n) is 1.01. The maximum atomic E-state index is 5.45. The summed E-state index contributed by atoms with van der Waals surface area (Å²) in [7, 11) is 5.79. The molecule has 10 heavy (non-hydrogen) atoms. The molecule has 0 saturated carbocycles. The third-order valence-corrected chi connectivity index (χ3v) is 1.87. The Morgan fingerprint density at radius 1 is 1.60 bits per heavy atom. The Balaban J connectivity index is 3.20. The molecule has 0 aliphatic carbocycles. The lowest BCUT2D eigenvalue weighted by Crippen LogP contribution is -2.17. The van der Waals surface area contributed by atoms with E-state index in [1.54, 1.807) is 18.8 Å². The monoisotopic (exact) mass is 161 g/mol. The number of amidine groups is 1. The highest BCUT2D eigenvalue weighted by Gasteiger charge is 1.92. The van der Waals surface area contributed by atoms with Crippen molar-refractivity contribution in [2.24, 2.45) is 10.7 Å². The molecule has 0 spiro atoms. The molecule has 0 atom stereocenters. The van der Waals surface area contributed by atoms with Gasteiger partial charge >= 0.3 is 0 Å². The van der Waals surface area contributed by atoms with E-state index >= 15 is 0 Å². The van der Waals surface area contributed by atoms with Crippen molar-refractivity contribution >= 4 is 16.9 Å². The van der Waals surface area contributed by atoms with Gasteiger partial charge in [0.15, 0.2) is 5.17 Å². The SMILES string of the molecule is CN=C(N)SCCN(C)C. The zero-order valence-corrected chi connectivity index (χ0v) is 7.61. The van der Waals surface area contributed by atoms with Crippen LogP contribution >= 0.6 is 11.8 Å². The van der Waals surface area contributed by atoms with Crippen LogP contribution in [0.5, 0.6) is 0 Å². The molecule has 0 amide bonds. The summed E-state index contributed by atoms with van der Waals surface area (Å²) < 4.78 is 0. The van der Waals surface area contributed by atoms with Crippen molar-refractivity contribution in [3.8, 4) is 0 Å². The van der Waals surface area contributed by atoms with E-state index in [-0.39, 0.29) is 0 Å². The zero-order valence-electron chi connectivity index (χ0n) is 6.79. The van der Waals surface area contributed by atoms with Crippen molar-refractivity contribution < 1.29 is 0 Å². The molecule has 2 N–H and O–H groups in total. The van der Waals surface area contributed by atoms with Crippen molar-refractivity contribution in [1.82, 2.24) is 4.90 Å². The summed E-state index contributed by atoms with van der Waals surface area (Å²) in [5, 5.41) is 0.668. The molecule has 0 aromatic heterocycles. The van der Waals surface area contributed by atoms with Crippen LogP contribution in [-0.4, -0.2) is 43.5 Å². The van der Waals surface area contributed by atoms with Crippen molar-refractivity contribution in [3.63, 3.8) is 0 Å². The Bertz CT molecular complexity index is 112. The Morgan fingerprint density at radius 2 is 2.20 bits per heavy atom. The molecule has 3 nitrogen and oxygen atoms in total. The fourth-order valence-corrected chi connectivity index (χ4v) is 1.19. The minimum atomic E-state index is 0.668. The molecule has 4 heteroatoms. The van der Waals surface area contributed by atoms with Crippen LogP contribution in [0.1, 0.15) is 0 Å². The van der Waals surface area contributed by atoms with Gasteiger partial charge in [-0.1, -0.05) is 11.8 Å². The fraction of sp³-hybridized carbons (Fsp3) is 0.833. The van der Waals surface area contributed by atoms with Crippen LogP contribution in [0.3, 0.4) is 0 Å². The highest BCUT2D eigenvalue weighted by atomic mass is 32.2. The Kier molecular flexibility index (Phi) is 5.43. The van der Waals surface area contributed by atoms with Gasteiger partial charge in [-0.2, -0.15) is 0 Å². The van der Waals surface area contributed by atoms with Crippen LogP contribution in [0.2, 0.25) is 0 Å². The van der Waals surface area contributed by atoms with E-state index in [0.29, 0.717) is 5.17 Å². The van der Waals surface area contributed by atoms with Crippen LogP contribution in [0.15, 0.2) is 4.99 Å². The average Bonchev–Trinajstić information content (AvgIpc) is 1.87. The lowest BCUT2D eigenvalue weighted by Gasteiger charge is -2.07. The number of hydrogen-bond acceptors (Lipinski definition) is 3. The lowest BCUT2D eigenvalue weighted by molar-refractivity contribution is 0.437. The molecule has 0 heterocycles. The molecule has 0 aliphatic rings. The van der Waals surface area contributed by atoms with Gasteiger partial charge < -0.3 is 10.6 Å². The fourth-order valence-electron chi connectivity index (χ4n) is 0.397. The highest BCUT2D eigenvalue weighted by molar-refractivity contribution is 8.13. The quantitative estimate of drug-likeness (QED) is 0.476. The normalized spacial score (nSPS) is 12.6. The first-order valence-corrected chi connectivity index (χ1v) is 4.15. The van der Waals surface area contributed by atoms with Crippen LogP contribution in [0.4, 0.5) is 0 Å². The predicted molar refractivity (Wildman–Crippen MR) is 48.6 cm³/mol. The van der Waals surface area contributed by atoms with Crippen molar-refractivity contribution in [2.45, 2.75) is 0 Å². The third kappa shape index (κ3) is 5.91. The minimum absolute atomic E-state index is 0.668. The number of aliphatic imine (C=N–C) groups is 1. The zero-order chi connectivity index (χ0) is 7.98. The van der Waals surface area contributed by atoms with Gasteiger partial charge in [-0.15, -0.1) is 0 Å². The molecule has 0 aromatic rings. The van der Waals surface area contributed by atoms with Crippen molar-refractivity contribution in [2.75, 3.05) is 33.4 Å². The van der Waals surface area contributed by atoms with Gasteiger partial charge in [0.1, 0.15) is 0 Å². The first kappa shape index (κ1) is 9.78. The molecule has 0 aliphatic heterocycles. The summed E-state index contributed by atoms with van der Waals surface area (Å²) in [6, 6.07) is 0. The molecule has 0 radical (unpaired) electrons. The largest absolute Gasteiger partial charge is 0.379 e. The van der Waals surface area contributed by atoms with Gasteiger partial charge in [0.2, 0.25) is 0 Å². The second-order valence-corrected chi connectivity index (χ2v) is 3.33. The smallest absolute Gasteiger partial charge is 0.153 e. The first-order chi connectivity index (χ1) is 4.66. The van der Waals surface area contributed by atoms with Gasteiger partial charge in [0, 0.05) is 19.3 Å². The summed E-state index contributed by atoms with van der Waals surface area (Å²) >= 11 is 1.59. The summed E-state index contributed by atoms with van der Waals surface area (Å²) in [5.41, 5.74) is 5.45. The minimum Gasteiger partial charge on any atom is -0.379 e. The van der Waals surface area contributed by atoms with E-state index in [2.05, 4.69) is 9.89 Å². The molecule has 0 aromatic carbocycles. The van der Waals surface area contributed by atoms with E-state index in [1.807, 2.05) is 14.1 Å². The van der Waals surface area contributed by atoms with Gasteiger partial charge in [-0.25, -0.2) is 0 Å². The molecule has 0 unspecified atom stereocenters. The summed E-state index contributed by atoms with van der Waals surface area (Å²) in [6.45, 7) is 1.04. The van der Waals surface area contributed by atoms with Crippen molar-refractivity contribution in [3.05, 3.63) is 0 Å². The first-order valence-electron chi connectivity index (χ1n) is 3.16. The highest BCUT2D eigenvalue weighted by Crippen LogP contribution is 1.98. The van der Waals surface area contributed by atoms with Gasteiger partial charge in [0.25, 0.3) is 0 Å². The predicted octanol–water partition coefficient (Wildman–Crippen LogP) is 0.226. The van der Waals surface area contributed by atoms with E-state index in [0.717, 1.165) is 12.3 Å². The van der Waals surface area contributed by atoms with Crippen LogP contribution in [0, 0.1) is 0 Å². The maximum absolute atomic E-state index is 5.45. The lowest BCUT2D eigenvalue weighted by atomic mass is 10.7. The molecule has 0 rings (SSSR count). The molecule has 0 bridgehead atoms. The van der Waals surface area contributed by atoms with Crippen molar-refractivity contribution in [1.29, 1.82) is 0 Å². The number of nitrogens with two attached hydrogens (primary N) is 1. The standard InChI is InChI=1S/C6H15N3S/c1-8-6(7)10-5-4-9(2)3/h4-5H2,1-3H3,(H2,7,8). The van der Waals surface area contributed by atoms with E-state index < -0.39 is 0 Å². The number of hydrogen-bond donors (Lipinski definition) is 1. The molecule has 0 fully saturated rings. The van der Waals surface area contributed by atoms with Crippen LogP contribution in [-0.2, 0) is 0 Å². The summed E-state index contributed by atoms with van der Waals surface area (Å²) in [5.74, 6) is 1.01. The molecular weight excluding hydrogens is 146 g/mol. The number of thioether (sulfide) groups is 1. The average molecular weight is 161 g/mol. The topological polar surface area (TPSA) is 41.6 Å². The van der Waals surface area contributed by atoms with E-state index in [1.165, 1.54) is 0 Å². The van der Waals surface area contributed by atoms with E-state index in [4.69, 9.17) is 5.73 Å². The van der Waals surface area contributed by atoms with Gasteiger partial charge in [-0.3, -0.25) is 4.99 Å². The second-order valence-electron chi connectivity index (χ2n) is 2.21. The Morgan fingerprint density at radius 3 is 2.60 bits per heavy atom. The molecule has 0 saturated heterocycles. The van der Waals surface area contributed by atoms with Crippen LogP contribution in [0.25, 0.3) is 0 Å². The van der Waals surface area contributed by atoms with E-state index in [9.17, 15) is 0 Å². The number of rotatable bonds is 3. The summed E-state index contributed by atoms with van der Waals surface area (Å²) in [4.78, 5) is 5.95. The Hall–Kier alpha value is -0.220. The van der Waals surface area contributed by atoms with Gasteiger partial charge in [0.05, 0.1) is 0 Å². The van der Waals surface area contributed by atoms with Gasteiger partial charge in [-0.05, 0) is 14.1 Å². The molecular formula is C6H15N3S. The number of nitrogens with zero attached hydrogens (tertiary/aromatic N) is 2. The molecule has 60 valence electrons. The summed E-state index contributed by atoms with van der Waals surface area (Å²) in [6.07, 6.45) is 0. The maximum Gasteiger partial charge on any atom is 0.153 e. The Labute approximate surface area is 66.7 Å². The second kappa shape index (κ2) is 5.56.